The summed E-state index contributed by atoms with van der Waals surface area (Å²) >= 11 is 0. The molecule has 0 aliphatic carbocycles. The standard InChI is InChI=1S/C18H28N4O/c1-19-18(20-9-12-22-10-5-2-6-11-22)21-14-16-13-15-7-3-4-8-17(15)23-16/h3-4,7-8,16H,2,5-6,9-14H2,1H3,(H2,19,20,21). The maximum absolute atomic E-state index is 5.95. The molecule has 2 aliphatic heterocycles. The van der Waals surface area contributed by atoms with E-state index >= 15 is 0 Å². The fraction of sp³-hybridized carbons (Fsp3) is 0.611. The summed E-state index contributed by atoms with van der Waals surface area (Å²) in [7, 11) is 1.82. The van der Waals surface area contributed by atoms with E-state index in [9.17, 15) is 0 Å². The molecule has 2 N–H and O–H groups in total. The Kier molecular flexibility index (Phi) is 5.75. The minimum atomic E-state index is 0.188. The first-order valence-electron chi connectivity index (χ1n) is 8.76. The van der Waals surface area contributed by atoms with Gasteiger partial charge < -0.3 is 20.3 Å². The summed E-state index contributed by atoms with van der Waals surface area (Å²) in [5.41, 5.74) is 1.30. The van der Waals surface area contributed by atoms with Gasteiger partial charge in [0.25, 0.3) is 0 Å². The average molecular weight is 316 g/mol. The van der Waals surface area contributed by atoms with Crippen molar-refractivity contribution in [3.8, 4) is 5.75 Å². The maximum atomic E-state index is 5.95. The Morgan fingerprint density at radius 2 is 2.04 bits per heavy atom. The third kappa shape index (κ3) is 4.61. The normalized spacial score (nSPS) is 21.6. The van der Waals surface area contributed by atoms with Crippen LogP contribution in [0.4, 0.5) is 0 Å². The highest BCUT2D eigenvalue weighted by Gasteiger charge is 2.22. The minimum Gasteiger partial charge on any atom is -0.488 e. The zero-order valence-corrected chi connectivity index (χ0v) is 14.1. The number of ether oxygens (including phenoxy) is 1. The van der Waals surface area contributed by atoms with Crippen LogP contribution in [-0.2, 0) is 6.42 Å². The Morgan fingerprint density at radius 3 is 2.83 bits per heavy atom. The Bertz CT molecular complexity index is 501. The first-order valence-corrected chi connectivity index (χ1v) is 8.76. The van der Waals surface area contributed by atoms with Gasteiger partial charge in [0.1, 0.15) is 11.9 Å². The second kappa shape index (κ2) is 8.20. The number of guanidine groups is 1. The van der Waals surface area contributed by atoms with E-state index < -0.39 is 0 Å². The van der Waals surface area contributed by atoms with Gasteiger partial charge >= 0.3 is 0 Å². The van der Waals surface area contributed by atoms with Crippen LogP contribution in [0.1, 0.15) is 24.8 Å². The molecule has 2 aliphatic rings. The van der Waals surface area contributed by atoms with Gasteiger partial charge in [-0.1, -0.05) is 24.6 Å². The van der Waals surface area contributed by atoms with Crippen molar-refractivity contribution in [2.45, 2.75) is 31.8 Å². The molecule has 23 heavy (non-hydrogen) atoms. The Labute approximate surface area is 139 Å². The third-order valence-corrected chi connectivity index (χ3v) is 4.60. The SMILES string of the molecule is CN=C(NCCN1CCCCC1)NCC1Cc2ccccc2O1. The topological polar surface area (TPSA) is 48.9 Å². The highest BCUT2D eigenvalue weighted by Crippen LogP contribution is 2.27. The van der Waals surface area contributed by atoms with Crippen molar-refractivity contribution in [3.63, 3.8) is 0 Å². The zero-order chi connectivity index (χ0) is 15.9. The smallest absolute Gasteiger partial charge is 0.191 e. The fourth-order valence-electron chi connectivity index (χ4n) is 3.31. The van der Waals surface area contributed by atoms with Gasteiger partial charge in [-0.05, 0) is 37.6 Å². The minimum absolute atomic E-state index is 0.188. The lowest BCUT2D eigenvalue weighted by molar-refractivity contribution is 0.230. The van der Waals surface area contributed by atoms with Crippen molar-refractivity contribution in [2.75, 3.05) is 39.8 Å². The van der Waals surface area contributed by atoms with Crippen molar-refractivity contribution in [3.05, 3.63) is 29.8 Å². The second-order valence-corrected chi connectivity index (χ2v) is 6.33. The molecular weight excluding hydrogens is 288 g/mol. The van der Waals surface area contributed by atoms with Crippen molar-refractivity contribution in [1.29, 1.82) is 0 Å². The number of nitrogens with one attached hydrogen (secondary N) is 2. The molecule has 1 unspecified atom stereocenters. The number of fused-ring (bicyclic) bond motifs is 1. The molecule has 5 nitrogen and oxygen atoms in total. The fourth-order valence-corrected chi connectivity index (χ4v) is 3.31. The molecule has 0 bridgehead atoms. The summed E-state index contributed by atoms with van der Waals surface area (Å²) < 4.78 is 5.95. The quantitative estimate of drug-likeness (QED) is 0.640. The zero-order valence-electron chi connectivity index (χ0n) is 14.1. The van der Waals surface area contributed by atoms with Crippen molar-refractivity contribution in [1.82, 2.24) is 15.5 Å². The summed E-state index contributed by atoms with van der Waals surface area (Å²) in [5, 5.41) is 6.78. The van der Waals surface area contributed by atoms with Crippen LogP contribution in [0.3, 0.4) is 0 Å². The van der Waals surface area contributed by atoms with E-state index in [1.165, 1.54) is 37.9 Å². The monoisotopic (exact) mass is 316 g/mol. The number of benzene rings is 1. The highest BCUT2D eigenvalue weighted by molar-refractivity contribution is 5.79. The van der Waals surface area contributed by atoms with Crippen LogP contribution in [0.2, 0.25) is 0 Å². The van der Waals surface area contributed by atoms with Gasteiger partial charge in [0.2, 0.25) is 0 Å². The summed E-state index contributed by atoms with van der Waals surface area (Å²) in [5.74, 6) is 1.88. The van der Waals surface area contributed by atoms with Crippen LogP contribution in [0.25, 0.3) is 0 Å². The second-order valence-electron chi connectivity index (χ2n) is 6.33. The number of likely N-dealkylation sites (tertiary alicyclic amines) is 1. The lowest BCUT2D eigenvalue weighted by Gasteiger charge is -2.26. The molecule has 0 spiro atoms. The van der Waals surface area contributed by atoms with Gasteiger partial charge in [-0.25, -0.2) is 0 Å². The van der Waals surface area contributed by atoms with Gasteiger partial charge in [0.05, 0.1) is 6.54 Å². The van der Waals surface area contributed by atoms with Gasteiger partial charge in [-0.2, -0.15) is 0 Å². The highest BCUT2D eigenvalue weighted by atomic mass is 16.5. The Balaban J connectivity index is 1.35. The van der Waals surface area contributed by atoms with E-state index in [2.05, 4.69) is 32.7 Å². The van der Waals surface area contributed by atoms with Crippen molar-refractivity contribution in [2.24, 2.45) is 4.99 Å². The first kappa shape index (κ1) is 16.1. The maximum Gasteiger partial charge on any atom is 0.191 e. The van der Waals surface area contributed by atoms with E-state index in [1.807, 2.05) is 19.2 Å². The molecule has 0 aromatic heterocycles. The average Bonchev–Trinajstić information content (AvgIpc) is 3.01. The molecule has 0 saturated carbocycles. The van der Waals surface area contributed by atoms with E-state index in [-0.39, 0.29) is 6.10 Å². The van der Waals surface area contributed by atoms with E-state index in [1.54, 1.807) is 0 Å². The van der Waals surface area contributed by atoms with E-state index in [4.69, 9.17) is 4.74 Å². The summed E-state index contributed by atoms with van der Waals surface area (Å²) in [6.45, 7) is 5.28. The predicted molar refractivity (Wildman–Crippen MR) is 94.2 cm³/mol. The Hall–Kier alpha value is -1.75. The molecular formula is C18H28N4O. The van der Waals surface area contributed by atoms with Crippen LogP contribution in [0, 0.1) is 0 Å². The number of piperidine rings is 1. The number of hydrogen-bond acceptors (Lipinski definition) is 3. The summed E-state index contributed by atoms with van der Waals surface area (Å²) in [6.07, 6.45) is 5.22. The van der Waals surface area contributed by atoms with Crippen LogP contribution >= 0.6 is 0 Å². The lowest BCUT2D eigenvalue weighted by atomic mass is 10.1. The Morgan fingerprint density at radius 1 is 1.22 bits per heavy atom. The largest absolute Gasteiger partial charge is 0.488 e. The molecule has 3 rings (SSSR count). The van der Waals surface area contributed by atoms with Crippen LogP contribution in [-0.4, -0.2) is 56.7 Å². The van der Waals surface area contributed by atoms with Gasteiger partial charge in [0, 0.05) is 26.6 Å². The molecule has 0 amide bonds. The van der Waals surface area contributed by atoms with Crippen LogP contribution in [0.5, 0.6) is 5.75 Å². The molecule has 2 heterocycles. The molecule has 1 aromatic rings. The molecule has 1 atom stereocenters. The lowest BCUT2D eigenvalue weighted by Crippen LogP contribution is -2.45. The van der Waals surface area contributed by atoms with Gasteiger partial charge in [-0.15, -0.1) is 0 Å². The predicted octanol–water partition coefficient (Wildman–Crippen LogP) is 1.64. The number of rotatable bonds is 5. The van der Waals surface area contributed by atoms with Gasteiger partial charge in [0.15, 0.2) is 5.96 Å². The molecule has 0 radical (unpaired) electrons. The van der Waals surface area contributed by atoms with Crippen LogP contribution < -0.4 is 15.4 Å². The van der Waals surface area contributed by atoms with Crippen molar-refractivity contribution >= 4 is 5.96 Å². The molecule has 1 saturated heterocycles. The van der Waals surface area contributed by atoms with E-state index in [0.29, 0.717) is 0 Å². The van der Waals surface area contributed by atoms with Gasteiger partial charge in [-0.3, -0.25) is 4.99 Å². The summed E-state index contributed by atoms with van der Waals surface area (Å²) in [4.78, 5) is 6.83. The first-order chi connectivity index (χ1) is 11.3. The molecule has 5 heteroatoms. The third-order valence-electron chi connectivity index (χ3n) is 4.60. The number of hydrogen-bond donors (Lipinski definition) is 2. The van der Waals surface area contributed by atoms with Crippen LogP contribution in [0.15, 0.2) is 29.3 Å². The summed E-state index contributed by atoms with van der Waals surface area (Å²) in [6, 6.07) is 8.27. The molecule has 126 valence electrons. The number of aliphatic imine (C=N–C) groups is 1. The van der Waals surface area contributed by atoms with Crippen molar-refractivity contribution < 1.29 is 4.74 Å². The molecule has 1 fully saturated rings. The number of nitrogens with zero attached hydrogens (tertiary/aromatic N) is 2. The number of para-hydroxylation sites is 1. The molecule has 1 aromatic carbocycles. The van der Waals surface area contributed by atoms with E-state index in [0.717, 1.165) is 37.8 Å².